The number of aryl methyl sites for hydroxylation is 1. The second-order valence-corrected chi connectivity index (χ2v) is 8.61. The van der Waals surface area contributed by atoms with Gasteiger partial charge in [0.05, 0.1) is 16.9 Å². The van der Waals surface area contributed by atoms with Gasteiger partial charge in [-0.05, 0) is 18.9 Å². The Balaban J connectivity index is 2.08. The molecule has 0 spiro atoms. The van der Waals surface area contributed by atoms with Crippen LogP contribution in [-0.4, -0.2) is 53.1 Å². The van der Waals surface area contributed by atoms with Gasteiger partial charge in [0.1, 0.15) is 0 Å². The molecule has 1 aromatic heterocycles. The molecule has 1 amide bonds. The number of sulfone groups is 1. The molecule has 1 saturated heterocycles. The topological polar surface area (TPSA) is 89.3 Å². The third-order valence-electron chi connectivity index (χ3n) is 4.53. The predicted molar refractivity (Wildman–Crippen MR) is 95.4 cm³/mol. The number of nitrogens with zero attached hydrogens (tertiary/aromatic N) is 3. The van der Waals surface area contributed by atoms with Crippen molar-refractivity contribution in [3.8, 4) is 0 Å². The number of rotatable bonds is 4. The summed E-state index contributed by atoms with van der Waals surface area (Å²) in [7, 11) is -1.59. The van der Waals surface area contributed by atoms with Crippen molar-refractivity contribution in [1.82, 2.24) is 14.7 Å². The van der Waals surface area contributed by atoms with Gasteiger partial charge in [-0.3, -0.25) is 9.59 Å². The molecule has 0 unspecified atom stereocenters. The zero-order valence-electron chi connectivity index (χ0n) is 14.3. The van der Waals surface area contributed by atoms with Crippen molar-refractivity contribution in [3.63, 3.8) is 0 Å². The molecule has 0 aliphatic carbocycles. The lowest BCUT2D eigenvalue weighted by Crippen LogP contribution is -2.42. The van der Waals surface area contributed by atoms with Gasteiger partial charge in [-0.2, -0.15) is 5.10 Å². The van der Waals surface area contributed by atoms with Gasteiger partial charge >= 0.3 is 0 Å². The minimum absolute atomic E-state index is 0.0115. The van der Waals surface area contributed by atoms with Crippen LogP contribution >= 0.6 is 0 Å². The number of hydrogen-bond acceptors (Lipinski definition) is 5. The average molecular weight is 363 g/mol. The van der Waals surface area contributed by atoms with E-state index in [0.717, 1.165) is 4.68 Å². The quantitative estimate of drug-likeness (QED) is 0.808. The van der Waals surface area contributed by atoms with Gasteiger partial charge < -0.3 is 4.90 Å². The molecule has 8 heteroatoms. The molecule has 1 atom stereocenters. The number of carbonyl (C=O) groups excluding carboxylic acids is 1. The fourth-order valence-electron chi connectivity index (χ4n) is 3.31. The molecular weight excluding hydrogens is 342 g/mol. The summed E-state index contributed by atoms with van der Waals surface area (Å²) >= 11 is 0. The molecule has 3 rings (SSSR count). The molecule has 1 aliphatic heterocycles. The van der Waals surface area contributed by atoms with Crippen LogP contribution in [0.15, 0.2) is 29.1 Å². The van der Waals surface area contributed by atoms with E-state index in [1.54, 1.807) is 29.2 Å². The van der Waals surface area contributed by atoms with Crippen LogP contribution in [0.2, 0.25) is 0 Å². The summed E-state index contributed by atoms with van der Waals surface area (Å²) in [5.41, 5.74) is -0.0758. The van der Waals surface area contributed by atoms with E-state index in [2.05, 4.69) is 5.10 Å². The zero-order valence-corrected chi connectivity index (χ0v) is 15.1. The van der Waals surface area contributed by atoms with Crippen molar-refractivity contribution in [2.24, 2.45) is 7.05 Å². The van der Waals surface area contributed by atoms with E-state index in [0.29, 0.717) is 30.2 Å². The number of hydrogen-bond donors (Lipinski definition) is 0. The van der Waals surface area contributed by atoms with Gasteiger partial charge in [-0.25, -0.2) is 13.1 Å². The maximum absolute atomic E-state index is 13.2. The van der Waals surface area contributed by atoms with Crippen molar-refractivity contribution in [2.45, 2.75) is 25.8 Å². The van der Waals surface area contributed by atoms with Crippen LogP contribution in [0.1, 0.15) is 30.3 Å². The minimum Gasteiger partial charge on any atom is -0.333 e. The molecular formula is C17H21N3O4S. The first-order valence-corrected chi connectivity index (χ1v) is 10.1. The monoisotopic (exact) mass is 363 g/mol. The SMILES string of the molecule is CCCN(C(=O)c1nn(C)c(=O)c2ccccc12)[C@H]1CCS(=O)(=O)C1. The van der Waals surface area contributed by atoms with Gasteiger partial charge in [0.15, 0.2) is 15.5 Å². The van der Waals surface area contributed by atoms with E-state index in [-0.39, 0.29) is 34.7 Å². The van der Waals surface area contributed by atoms with E-state index in [9.17, 15) is 18.0 Å². The van der Waals surface area contributed by atoms with Crippen LogP contribution in [0.4, 0.5) is 0 Å². The summed E-state index contributed by atoms with van der Waals surface area (Å²) in [6.07, 6.45) is 1.16. The van der Waals surface area contributed by atoms with E-state index >= 15 is 0 Å². The summed E-state index contributed by atoms with van der Waals surface area (Å²) in [4.78, 5) is 27.0. The standard InChI is InChI=1S/C17H21N3O4S/c1-3-9-20(12-8-10-25(23,24)11-12)17(22)15-13-6-4-5-7-14(13)16(21)19(2)18-15/h4-7,12H,3,8-11H2,1-2H3/t12-/m0/s1. The highest BCUT2D eigenvalue weighted by molar-refractivity contribution is 7.91. The molecule has 25 heavy (non-hydrogen) atoms. The van der Waals surface area contributed by atoms with Crippen molar-refractivity contribution in [1.29, 1.82) is 0 Å². The van der Waals surface area contributed by atoms with E-state index < -0.39 is 9.84 Å². The fourth-order valence-corrected chi connectivity index (χ4v) is 5.04. The van der Waals surface area contributed by atoms with Crippen molar-refractivity contribution in [3.05, 3.63) is 40.3 Å². The molecule has 134 valence electrons. The lowest BCUT2D eigenvalue weighted by molar-refractivity contribution is 0.0691. The Morgan fingerprint density at radius 3 is 2.60 bits per heavy atom. The van der Waals surface area contributed by atoms with Crippen molar-refractivity contribution in [2.75, 3.05) is 18.1 Å². The van der Waals surface area contributed by atoms with E-state index in [4.69, 9.17) is 0 Å². The Bertz CT molecular complexity index is 981. The van der Waals surface area contributed by atoms with Gasteiger partial charge in [0, 0.05) is 25.0 Å². The number of amides is 1. The largest absolute Gasteiger partial charge is 0.333 e. The van der Waals surface area contributed by atoms with Gasteiger partial charge in [0.25, 0.3) is 11.5 Å². The fraction of sp³-hybridized carbons (Fsp3) is 0.471. The average Bonchev–Trinajstić information content (AvgIpc) is 2.95. The van der Waals surface area contributed by atoms with Crippen molar-refractivity contribution < 1.29 is 13.2 Å². The molecule has 0 bridgehead atoms. The molecule has 2 heterocycles. The second kappa shape index (κ2) is 6.59. The molecule has 0 saturated carbocycles. The summed E-state index contributed by atoms with van der Waals surface area (Å²) < 4.78 is 24.8. The zero-order chi connectivity index (χ0) is 18.2. The molecule has 0 radical (unpaired) electrons. The highest BCUT2D eigenvalue weighted by Crippen LogP contribution is 2.22. The normalized spacial score (nSPS) is 19.2. The first-order valence-electron chi connectivity index (χ1n) is 8.31. The predicted octanol–water partition coefficient (Wildman–Crippen LogP) is 0.973. The Kier molecular flexibility index (Phi) is 4.64. The first-order chi connectivity index (χ1) is 11.8. The van der Waals surface area contributed by atoms with Crippen LogP contribution < -0.4 is 5.56 Å². The molecule has 1 aliphatic rings. The van der Waals surface area contributed by atoms with Crippen LogP contribution in [0.5, 0.6) is 0 Å². The lowest BCUT2D eigenvalue weighted by atomic mass is 10.1. The van der Waals surface area contributed by atoms with Gasteiger partial charge in [-0.1, -0.05) is 25.1 Å². The van der Waals surface area contributed by atoms with Crippen LogP contribution in [-0.2, 0) is 16.9 Å². The molecule has 0 N–H and O–H groups in total. The first kappa shape index (κ1) is 17.6. The number of carbonyl (C=O) groups is 1. The molecule has 2 aromatic rings. The van der Waals surface area contributed by atoms with E-state index in [1.165, 1.54) is 7.05 Å². The highest BCUT2D eigenvalue weighted by atomic mass is 32.2. The van der Waals surface area contributed by atoms with Crippen LogP contribution in [0, 0.1) is 0 Å². The molecule has 1 aromatic carbocycles. The van der Waals surface area contributed by atoms with Crippen LogP contribution in [0.3, 0.4) is 0 Å². The smallest absolute Gasteiger partial charge is 0.275 e. The molecule has 1 fully saturated rings. The third kappa shape index (κ3) is 3.30. The lowest BCUT2D eigenvalue weighted by Gasteiger charge is -2.28. The Hall–Kier alpha value is -2.22. The maximum Gasteiger partial charge on any atom is 0.275 e. The van der Waals surface area contributed by atoms with Gasteiger partial charge in [0.2, 0.25) is 0 Å². The summed E-state index contributed by atoms with van der Waals surface area (Å²) in [5, 5.41) is 5.10. The number of benzene rings is 1. The van der Waals surface area contributed by atoms with Gasteiger partial charge in [-0.15, -0.1) is 0 Å². The third-order valence-corrected chi connectivity index (χ3v) is 6.28. The summed E-state index contributed by atoms with van der Waals surface area (Å²) in [6, 6.07) is 6.53. The number of aromatic nitrogens is 2. The van der Waals surface area contributed by atoms with Crippen molar-refractivity contribution >= 4 is 26.5 Å². The summed E-state index contributed by atoms with van der Waals surface area (Å²) in [5.74, 6) is -0.231. The van der Waals surface area contributed by atoms with E-state index in [1.807, 2.05) is 6.92 Å². The Morgan fingerprint density at radius 2 is 2.00 bits per heavy atom. The number of fused-ring (bicyclic) bond motifs is 1. The molecule has 7 nitrogen and oxygen atoms in total. The maximum atomic E-state index is 13.2. The summed E-state index contributed by atoms with van der Waals surface area (Å²) in [6.45, 7) is 2.40. The minimum atomic E-state index is -3.10. The second-order valence-electron chi connectivity index (χ2n) is 6.38. The van der Waals surface area contributed by atoms with Crippen LogP contribution in [0.25, 0.3) is 10.8 Å². The highest BCUT2D eigenvalue weighted by Gasteiger charge is 2.35. The Morgan fingerprint density at radius 1 is 1.32 bits per heavy atom. The Labute approximate surface area is 146 Å².